The third kappa shape index (κ3) is 6.29. The van der Waals surface area contributed by atoms with Crippen molar-refractivity contribution in [3.8, 4) is 0 Å². The molecule has 0 heterocycles. The number of amides is 1. The van der Waals surface area contributed by atoms with Crippen LogP contribution >= 0.6 is 0 Å². The average molecular weight is 305 g/mol. The molecule has 22 heavy (non-hydrogen) atoms. The maximum atomic E-state index is 11.9. The molecule has 0 saturated carbocycles. The Morgan fingerprint density at radius 1 is 1.09 bits per heavy atom. The Morgan fingerprint density at radius 2 is 1.68 bits per heavy atom. The van der Waals surface area contributed by atoms with Gasteiger partial charge in [0.2, 0.25) is 5.91 Å². The first-order valence-corrected chi connectivity index (χ1v) is 7.75. The summed E-state index contributed by atoms with van der Waals surface area (Å²) >= 11 is 0. The monoisotopic (exact) mass is 305 g/mol. The first kappa shape index (κ1) is 18.2. The van der Waals surface area contributed by atoms with Crippen LogP contribution < -0.4 is 0 Å². The fraction of sp³-hybridized carbons (Fsp3) is 0.556. The second-order valence-electron chi connectivity index (χ2n) is 6.76. The lowest BCUT2D eigenvalue weighted by atomic mass is 9.86. The van der Waals surface area contributed by atoms with Gasteiger partial charge in [-0.05, 0) is 29.4 Å². The van der Waals surface area contributed by atoms with Gasteiger partial charge in [-0.15, -0.1) is 0 Å². The van der Waals surface area contributed by atoms with Crippen molar-refractivity contribution in [1.29, 1.82) is 0 Å². The Kier molecular flexibility index (Phi) is 6.60. The number of benzene rings is 1. The van der Waals surface area contributed by atoms with Crippen LogP contribution in [0.1, 0.15) is 51.2 Å². The molecular weight excluding hydrogens is 278 g/mol. The van der Waals surface area contributed by atoms with Crippen LogP contribution in [-0.2, 0) is 21.4 Å². The van der Waals surface area contributed by atoms with Gasteiger partial charge in [0.15, 0.2) is 0 Å². The quantitative estimate of drug-likeness (QED) is 0.841. The maximum absolute atomic E-state index is 11.9. The zero-order chi connectivity index (χ0) is 16.8. The minimum absolute atomic E-state index is 0.00347. The molecule has 1 rings (SSSR count). The molecular formula is C18H27NO3. The van der Waals surface area contributed by atoms with Crippen molar-refractivity contribution < 1.29 is 14.7 Å². The molecule has 1 aromatic rings. The molecule has 0 aromatic heterocycles. The van der Waals surface area contributed by atoms with Crippen LogP contribution in [-0.4, -0.2) is 35.5 Å². The number of carboxylic acids is 1. The molecule has 1 N–H and O–H groups in total. The Labute approximate surface area is 133 Å². The number of aryl methyl sites for hydroxylation is 1. The number of carbonyl (C=O) groups is 2. The van der Waals surface area contributed by atoms with Gasteiger partial charge >= 0.3 is 5.97 Å². The van der Waals surface area contributed by atoms with E-state index in [2.05, 4.69) is 45.0 Å². The zero-order valence-electron chi connectivity index (χ0n) is 14.1. The van der Waals surface area contributed by atoms with Gasteiger partial charge in [-0.25, -0.2) is 0 Å². The van der Waals surface area contributed by atoms with Crippen molar-refractivity contribution in [3.05, 3.63) is 35.4 Å². The lowest BCUT2D eigenvalue weighted by Gasteiger charge is -2.19. The summed E-state index contributed by atoms with van der Waals surface area (Å²) in [5.74, 6) is -0.869. The molecule has 0 unspecified atom stereocenters. The number of nitrogens with zero attached hydrogens (tertiary/aromatic N) is 1. The number of aliphatic carboxylic acids is 1. The van der Waals surface area contributed by atoms with Gasteiger partial charge < -0.3 is 10.0 Å². The maximum Gasteiger partial charge on any atom is 0.305 e. The van der Waals surface area contributed by atoms with E-state index in [4.69, 9.17) is 5.11 Å². The topological polar surface area (TPSA) is 57.6 Å². The molecule has 0 atom stereocenters. The van der Waals surface area contributed by atoms with E-state index in [-0.39, 0.29) is 24.3 Å². The summed E-state index contributed by atoms with van der Waals surface area (Å²) in [5.41, 5.74) is 2.69. The fourth-order valence-electron chi connectivity index (χ4n) is 2.19. The van der Waals surface area contributed by atoms with Crippen molar-refractivity contribution in [3.63, 3.8) is 0 Å². The molecule has 0 spiro atoms. The second-order valence-corrected chi connectivity index (χ2v) is 6.76. The molecule has 0 bridgehead atoms. The van der Waals surface area contributed by atoms with E-state index in [1.54, 1.807) is 7.05 Å². The summed E-state index contributed by atoms with van der Waals surface area (Å²) in [6.45, 7) is 6.84. The van der Waals surface area contributed by atoms with Crippen LogP contribution in [0.3, 0.4) is 0 Å². The van der Waals surface area contributed by atoms with Crippen molar-refractivity contribution in [1.82, 2.24) is 4.90 Å². The Morgan fingerprint density at radius 3 is 2.18 bits per heavy atom. The van der Waals surface area contributed by atoms with Gasteiger partial charge in [0.05, 0.1) is 6.42 Å². The highest BCUT2D eigenvalue weighted by atomic mass is 16.4. The summed E-state index contributed by atoms with van der Waals surface area (Å²) in [6, 6.07) is 8.55. The second kappa shape index (κ2) is 7.97. The Bertz CT molecular complexity index is 500. The van der Waals surface area contributed by atoms with Gasteiger partial charge in [-0.2, -0.15) is 0 Å². The predicted molar refractivity (Wildman–Crippen MR) is 88.0 cm³/mol. The summed E-state index contributed by atoms with van der Waals surface area (Å²) in [5, 5.41) is 8.61. The third-order valence-electron chi connectivity index (χ3n) is 3.76. The molecule has 1 amide bonds. The van der Waals surface area contributed by atoms with Crippen LogP contribution in [0.4, 0.5) is 0 Å². The molecule has 122 valence electrons. The minimum Gasteiger partial charge on any atom is -0.481 e. The molecule has 0 aliphatic heterocycles. The molecule has 4 heteroatoms. The van der Waals surface area contributed by atoms with Gasteiger partial charge in [-0.1, -0.05) is 45.0 Å². The number of rotatable bonds is 7. The van der Waals surface area contributed by atoms with E-state index in [0.29, 0.717) is 6.42 Å². The van der Waals surface area contributed by atoms with Crippen LogP contribution in [0, 0.1) is 0 Å². The first-order chi connectivity index (χ1) is 10.2. The Balaban J connectivity index is 2.37. The summed E-state index contributed by atoms with van der Waals surface area (Å²) in [7, 11) is 1.66. The molecule has 4 nitrogen and oxygen atoms in total. The van der Waals surface area contributed by atoms with Crippen LogP contribution in [0.5, 0.6) is 0 Å². The van der Waals surface area contributed by atoms with E-state index in [0.717, 1.165) is 12.8 Å². The zero-order valence-corrected chi connectivity index (χ0v) is 14.1. The molecule has 0 aliphatic rings. The van der Waals surface area contributed by atoms with Gasteiger partial charge in [0.1, 0.15) is 0 Å². The van der Waals surface area contributed by atoms with Crippen molar-refractivity contribution in [2.75, 3.05) is 13.6 Å². The minimum atomic E-state index is -0.876. The van der Waals surface area contributed by atoms with Gasteiger partial charge in [-0.3, -0.25) is 9.59 Å². The van der Waals surface area contributed by atoms with Crippen molar-refractivity contribution >= 4 is 11.9 Å². The normalized spacial score (nSPS) is 11.3. The smallest absolute Gasteiger partial charge is 0.305 e. The van der Waals surface area contributed by atoms with Crippen LogP contribution in [0.25, 0.3) is 0 Å². The molecule has 0 aliphatic carbocycles. The van der Waals surface area contributed by atoms with Crippen LogP contribution in [0.15, 0.2) is 24.3 Å². The average Bonchev–Trinajstić information content (AvgIpc) is 2.44. The number of hydrogen-bond donors (Lipinski definition) is 1. The highest BCUT2D eigenvalue weighted by molar-refractivity contribution is 5.76. The molecule has 0 saturated heterocycles. The lowest BCUT2D eigenvalue weighted by molar-refractivity contribution is -0.138. The lowest BCUT2D eigenvalue weighted by Crippen LogP contribution is -2.28. The summed E-state index contributed by atoms with van der Waals surface area (Å²) < 4.78 is 0. The van der Waals surface area contributed by atoms with Gasteiger partial charge in [0.25, 0.3) is 0 Å². The SMILES string of the molecule is CN(CCC(=O)O)C(=O)CCCc1ccc(C(C)(C)C)cc1. The fourth-order valence-corrected chi connectivity index (χ4v) is 2.19. The van der Waals surface area contributed by atoms with Gasteiger partial charge in [0, 0.05) is 20.0 Å². The van der Waals surface area contributed by atoms with E-state index in [1.165, 1.54) is 16.0 Å². The predicted octanol–water partition coefficient (Wildman–Crippen LogP) is 3.24. The molecule has 0 fully saturated rings. The third-order valence-corrected chi connectivity index (χ3v) is 3.76. The van der Waals surface area contributed by atoms with Crippen molar-refractivity contribution in [2.45, 2.75) is 51.9 Å². The number of hydrogen-bond acceptors (Lipinski definition) is 2. The molecule has 1 aromatic carbocycles. The first-order valence-electron chi connectivity index (χ1n) is 7.75. The largest absolute Gasteiger partial charge is 0.481 e. The van der Waals surface area contributed by atoms with Crippen molar-refractivity contribution in [2.24, 2.45) is 0 Å². The number of carboxylic acid groups (broad SMARTS) is 1. The highest BCUT2D eigenvalue weighted by Crippen LogP contribution is 2.22. The van der Waals surface area contributed by atoms with E-state index in [9.17, 15) is 9.59 Å². The van der Waals surface area contributed by atoms with Crippen LogP contribution in [0.2, 0.25) is 0 Å². The summed E-state index contributed by atoms with van der Waals surface area (Å²) in [4.78, 5) is 23.8. The van der Waals surface area contributed by atoms with E-state index >= 15 is 0 Å². The summed E-state index contributed by atoms with van der Waals surface area (Å²) in [6.07, 6.45) is 2.10. The van der Waals surface area contributed by atoms with E-state index < -0.39 is 5.97 Å². The molecule has 0 radical (unpaired) electrons. The Hall–Kier alpha value is -1.84. The highest BCUT2D eigenvalue weighted by Gasteiger charge is 2.13. The van der Waals surface area contributed by atoms with E-state index in [1.807, 2.05) is 0 Å². The number of carbonyl (C=O) groups excluding carboxylic acids is 1. The standard InChI is InChI=1S/C18H27NO3/c1-18(2,3)15-10-8-14(9-11-15)6-5-7-16(20)19(4)13-12-17(21)22/h8-11H,5-7,12-13H2,1-4H3,(H,21,22).